The van der Waals surface area contributed by atoms with Gasteiger partial charge < -0.3 is 15.2 Å². The van der Waals surface area contributed by atoms with Gasteiger partial charge in [0.05, 0.1) is 45.3 Å². The second kappa shape index (κ2) is 10.4. The molecule has 198 valence electrons. The highest BCUT2D eigenvalue weighted by atomic mass is 32.2. The molecule has 3 aromatic rings. The van der Waals surface area contributed by atoms with Crippen molar-refractivity contribution in [3.8, 4) is 0 Å². The number of aliphatic hydroxyl groups excluding tert-OH is 1. The molecule has 0 spiro atoms. The minimum atomic E-state index is -4.09. The maximum Gasteiger partial charge on any atom is 0.333 e. The maximum absolute atomic E-state index is 13.6. The van der Waals surface area contributed by atoms with Crippen LogP contribution < -0.4 is 10.5 Å². The average molecular weight is 566 g/mol. The van der Waals surface area contributed by atoms with Crippen molar-refractivity contribution in [2.24, 2.45) is 11.1 Å². The van der Waals surface area contributed by atoms with Crippen molar-refractivity contribution in [1.82, 2.24) is 15.0 Å². The zero-order chi connectivity index (χ0) is 26.3. The number of aromatic nitrogens is 3. The van der Waals surface area contributed by atoms with Gasteiger partial charge in [-0.05, 0) is 32.8 Å². The molecule has 4 N–H and O–H groups in total. The number of thiophene rings is 1. The van der Waals surface area contributed by atoms with E-state index < -0.39 is 22.3 Å². The number of fused-ring (bicyclic) bond motifs is 1. The number of nitrogens with two attached hydrogens (primary N) is 1. The first-order valence-corrected chi connectivity index (χ1v) is 14.8. The van der Waals surface area contributed by atoms with Crippen LogP contribution in [0, 0.1) is 19.8 Å². The Hall–Kier alpha value is -2.33. The molecular weight excluding hydrogens is 538 g/mol. The molecule has 1 aliphatic heterocycles. The molecule has 0 aromatic carbocycles. The van der Waals surface area contributed by atoms with Crippen LogP contribution in [0.25, 0.3) is 0 Å². The highest BCUT2D eigenvalue weighted by molar-refractivity contribution is 7.84. The number of rotatable bonds is 8. The Labute approximate surface area is 222 Å². The number of carbonyl (C=O) groups excluding carboxylic acids is 1. The minimum Gasteiger partial charge on any atom is -0.393 e. The van der Waals surface area contributed by atoms with E-state index in [1.54, 1.807) is 11.3 Å². The van der Waals surface area contributed by atoms with E-state index in [0.29, 0.717) is 35.7 Å². The Balaban J connectivity index is 1.34. The smallest absolute Gasteiger partial charge is 0.333 e. The van der Waals surface area contributed by atoms with Gasteiger partial charge in [0.15, 0.2) is 0 Å². The third kappa shape index (κ3) is 5.74. The summed E-state index contributed by atoms with van der Waals surface area (Å²) < 4.78 is 33.0. The number of nitrogens with zero attached hydrogens (tertiary/aromatic N) is 3. The van der Waals surface area contributed by atoms with Gasteiger partial charge in [-0.25, -0.2) is 20.1 Å². The third-order valence-corrected chi connectivity index (χ3v) is 9.15. The van der Waals surface area contributed by atoms with Crippen molar-refractivity contribution < 1.29 is 27.2 Å². The van der Waals surface area contributed by atoms with Crippen LogP contribution in [0.1, 0.15) is 60.2 Å². The number of nitrogens with one attached hydrogen (secondary N) is 1. The van der Waals surface area contributed by atoms with Crippen molar-refractivity contribution in [3.05, 3.63) is 55.1 Å². The van der Waals surface area contributed by atoms with Crippen molar-refractivity contribution in [2.75, 3.05) is 18.5 Å². The fraction of sp³-hybridized carbons (Fsp3) is 0.478. The summed E-state index contributed by atoms with van der Waals surface area (Å²) in [5.41, 5.74) is 2.33. The molecule has 1 saturated carbocycles. The molecule has 11 nitrogen and oxygen atoms in total. The summed E-state index contributed by atoms with van der Waals surface area (Å²) >= 11 is 3.02. The second-order valence-corrected chi connectivity index (χ2v) is 12.9. The fourth-order valence-electron chi connectivity index (χ4n) is 4.84. The molecule has 3 aromatic heterocycles. The van der Waals surface area contributed by atoms with Gasteiger partial charge in [-0.1, -0.05) is 0 Å². The normalized spacial score (nSPS) is 23.7. The van der Waals surface area contributed by atoms with Crippen LogP contribution in [0.5, 0.6) is 0 Å². The Kier molecular flexibility index (Phi) is 7.42. The van der Waals surface area contributed by atoms with Crippen LogP contribution in [-0.2, 0) is 25.6 Å². The summed E-state index contributed by atoms with van der Waals surface area (Å²) in [6.45, 7) is 4.33. The largest absolute Gasteiger partial charge is 0.393 e. The lowest BCUT2D eigenvalue weighted by atomic mass is 10.0. The summed E-state index contributed by atoms with van der Waals surface area (Å²) in [5.74, 6) is -0.284. The van der Waals surface area contributed by atoms with Gasteiger partial charge in [0.1, 0.15) is 18.2 Å². The van der Waals surface area contributed by atoms with E-state index in [4.69, 9.17) is 9.88 Å². The van der Waals surface area contributed by atoms with Gasteiger partial charge in [-0.3, -0.25) is 8.98 Å². The molecule has 2 aliphatic rings. The first-order valence-electron chi connectivity index (χ1n) is 11.7. The second-order valence-electron chi connectivity index (χ2n) is 9.20. The maximum atomic E-state index is 13.6. The molecule has 4 atom stereocenters. The number of anilines is 1. The van der Waals surface area contributed by atoms with Crippen molar-refractivity contribution in [1.29, 1.82) is 0 Å². The standard InChI is InChI=1S/C23H27N5O6S3/c1-11-15(21-22-17(3-4-33-21)27-12(2)36-22)7-19(35-11)20(30)16-8-25-10-26-23(16)28-14-5-13(18(29)6-14)9-34-37(24,31)32/h7-8,10,13-14,18,21,29H,3-6,9H2,1-2H3,(H2,24,31,32)(H,25,26,28)/t13-,14-,18+,21+/m1/s1. The molecule has 1 aliphatic carbocycles. The molecule has 0 saturated heterocycles. The summed E-state index contributed by atoms with van der Waals surface area (Å²) in [6, 6.07) is 1.64. The highest BCUT2D eigenvalue weighted by Gasteiger charge is 2.35. The molecule has 0 bridgehead atoms. The lowest BCUT2D eigenvalue weighted by Crippen LogP contribution is -2.24. The van der Waals surface area contributed by atoms with E-state index in [9.17, 15) is 18.3 Å². The minimum absolute atomic E-state index is 0.213. The summed E-state index contributed by atoms with van der Waals surface area (Å²) in [4.78, 5) is 29.2. The number of aryl methyl sites for hydroxylation is 2. The van der Waals surface area contributed by atoms with Crippen molar-refractivity contribution in [2.45, 2.75) is 51.4 Å². The lowest BCUT2D eigenvalue weighted by Gasteiger charge is -2.22. The average Bonchev–Trinajstić information content (AvgIpc) is 3.52. The van der Waals surface area contributed by atoms with Crippen LogP contribution in [-0.4, -0.2) is 59.6 Å². The molecule has 1 fully saturated rings. The molecule has 0 radical (unpaired) electrons. The molecule has 0 amide bonds. The Morgan fingerprint density at radius 1 is 1.32 bits per heavy atom. The monoisotopic (exact) mass is 565 g/mol. The first kappa shape index (κ1) is 26.3. The molecular formula is C23H27N5O6S3. The zero-order valence-corrected chi connectivity index (χ0v) is 22.7. The van der Waals surface area contributed by atoms with Gasteiger partial charge in [0.25, 0.3) is 0 Å². The van der Waals surface area contributed by atoms with Crippen molar-refractivity contribution in [3.63, 3.8) is 0 Å². The van der Waals surface area contributed by atoms with Gasteiger partial charge in [-0.15, -0.1) is 22.7 Å². The van der Waals surface area contributed by atoms with E-state index in [1.807, 2.05) is 19.9 Å². The number of thiazole rings is 1. The number of hydrogen-bond acceptors (Lipinski definition) is 12. The highest BCUT2D eigenvalue weighted by Crippen LogP contribution is 2.41. The van der Waals surface area contributed by atoms with Crippen LogP contribution in [0.15, 0.2) is 18.6 Å². The summed E-state index contributed by atoms with van der Waals surface area (Å²) in [5, 5.41) is 19.5. The Morgan fingerprint density at radius 2 is 2.14 bits per heavy atom. The summed E-state index contributed by atoms with van der Waals surface area (Å²) in [6.07, 6.45) is 3.35. The number of hydrogen-bond donors (Lipinski definition) is 3. The molecule has 37 heavy (non-hydrogen) atoms. The van der Waals surface area contributed by atoms with E-state index >= 15 is 0 Å². The topological polar surface area (TPSA) is 167 Å². The fourth-order valence-corrected chi connectivity index (χ4v) is 7.25. The molecule has 5 rings (SSSR count). The van der Waals surface area contributed by atoms with Crippen molar-refractivity contribution >= 4 is 44.6 Å². The zero-order valence-electron chi connectivity index (χ0n) is 20.2. The summed E-state index contributed by atoms with van der Waals surface area (Å²) in [7, 11) is -4.09. The van der Waals surface area contributed by atoms with E-state index in [-0.39, 0.29) is 24.5 Å². The number of carbonyl (C=O) groups is 1. The quantitative estimate of drug-likeness (QED) is 0.345. The van der Waals surface area contributed by atoms with Gasteiger partial charge in [0, 0.05) is 35.0 Å². The van der Waals surface area contributed by atoms with E-state index in [2.05, 4.69) is 24.5 Å². The molecule has 0 unspecified atom stereocenters. The van der Waals surface area contributed by atoms with E-state index in [0.717, 1.165) is 32.4 Å². The van der Waals surface area contributed by atoms with E-state index in [1.165, 1.54) is 23.9 Å². The van der Waals surface area contributed by atoms with Gasteiger partial charge in [0.2, 0.25) is 5.78 Å². The third-order valence-electron chi connectivity index (χ3n) is 6.56. The SMILES string of the molecule is Cc1nc2c(s1)[C@H](c1cc(C(=O)c3cncnc3N[C@@H]3C[C@H](COS(N)(=O)=O)[C@@H](O)C3)sc1C)OCC2. The predicted octanol–water partition coefficient (Wildman–Crippen LogP) is 2.28. The number of aliphatic hydroxyl groups is 1. The first-order chi connectivity index (χ1) is 17.6. The Bertz CT molecular complexity index is 1420. The van der Waals surface area contributed by atoms with Crippen LogP contribution in [0.2, 0.25) is 0 Å². The molecule has 14 heteroatoms. The van der Waals surface area contributed by atoms with Crippen LogP contribution >= 0.6 is 22.7 Å². The lowest BCUT2D eigenvalue weighted by molar-refractivity contribution is 0.0716. The number of ether oxygens (including phenoxy) is 1. The van der Waals surface area contributed by atoms with Crippen LogP contribution in [0.4, 0.5) is 5.82 Å². The number of ketones is 1. The Morgan fingerprint density at radius 3 is 2.92 bits per heavy atom. The van der Waals surface area contributed by atoms with Gasteiger partial charge in [-0.2, -0.15) is 8.42 Å². The predicted molar refractivity (Wildman–Crippen MR) is 138 cm³/mol. The van der Waals surface area contributed by atoms with Gasteiger partial charge >= 0.3 is 10.3 Å². The molecule has 4 heterocycles. The van der Waals surface area contributed by atoms with Crippen LogP contribution in [0.3, 0.4) is 0 Å².